The van der Waals surface area contributed by atoms with E-state index in [4.69, 9.17) is 9.15 Å². The van der Waals surface area contributed by atoms with Crippen molar-refractivity contribution < 1.29 is 9.15 Å². The second-order valence-corrected chi connectivity index (χ2v) is 4.44. The molecule has 0 saturated carbocycles. The number of hydrogen-bond acceptors (Lipinski definition) is 3. The summed E-state index contributed by atoms with van der Waals surface area (Å²) in [7, 11) is 0. The number of nitrogens with one attached hydrogen (secondary N) is 1. The molecule has 0 bridgehead atoms. The Bertz CT molecular complexity index is 545. The number of fused-ring (bicyclic) bond motifs is 1. The Labute approximate surface area is 100 Å². The first-order valence-electron chi connectivity index (χ1n) is 5.80. The molecule has 0 fully saturated rings. The Balaban J connectivity index is 1.88. The zero-order chi connectivity index (χ0) is 11.8. The zero-order valence-corrected chi connectivity index (χ0v) is 9.99. The third-order valence-corrected chi connectivity index (χ3v) is 2.96. The Morgan fingerprint density at radius 1 is 1.18 bits per heavy atom. The van der Waals surface area contributed by atoms with E-state index < -0.39 is 0 Å². The Hall–Kier alpha value is -1.90. The van der Waals surface area contributed by atoms with Crippen LogP contribution in [0.2, 0.25) is 0 Å². The molecule has 0 saturated heterocycles. The summed E-state index contributed by atoms with van der Waals surface area (Å²) in [6.45, 7) is 4.75. The van der Waals surface area contributed by atoms with Crippen molar-refractivity contribution in [2.45, 2.75) is 20.0 Å². The van der Waals surface area contributed by atoms with Gasteiger partial charge in [0.1, 0.15) is 17.3 Å². The van der Waals surface area contributed by atoms with E-state index in [0.717, 1.165) is 29.5 Å². The van der Waals surface area contributed by atoms with E-state index in [1.54, 1.807) is 0 Å². The van der Waals surface area contributed by atoms with Crippen LogP contribution in [0.5, 0.6) is 5.75 Å². The third kappa shape index (κ3) is 1.88. The smallest absolute Gasteiger partial charge is 0.173 e. The molecule has 3 nitrogen and oxygen atoms in total. The molecule has 1 aromatic carbocycles. The van der Waals surface area contributed by atoms with Crippen molar-refractivity contribution in [2.75, 3.05) is 11.9 Å². The van der Waals surface area contributed by atoms with E-state index in [2.05, 4.69) is 24.4 Å². The molecule has 2 heterocycles. The van der Waals surface area contributed by atoms with Gasteiger partial charge in [0, 0.05) is 0 Å². The molecule has 1 aliphatic rings. The Morgan fingerprint density at radius 2 is 2.06 bits per heavy atom. The van der Waals surface area contributed by atoms with Crippen molar-refractivity contribution >= 4 is 5.69 Å². The summed E-state index contributed by atoms with van der Waals surface area (Å²) in [5.41, 5.74) is 2.29. The standard InChI is InChI=1S/C14H15NO2/c1-9-3-5-12-11(7-9)15-8-14(17-12)13-6-4-10(2)16-13/h3-7,14-15H,8H2,1-2H3. The highest BCUT2D eigenvalue weighted by Gasteiger charge is 2.23. The normalized spacial score (nSPS) is 18.1. The van der Waals surface area contributed by atoms with E-state index in [1.807, 2.05) is 25.1 Å². The van der Waals surface area contributed by atoms with E-state index in [9.17, 15) is 0 Å². The monoisotopic (exact) mass is 229 g/mol. The number of ether oxygens (including phenoxy) is 1. The number of aryl methyl sites for hydroxylation is 2. The van der Waals surface area contributed by atoms with E-state index in [1.165, 1.54) is 5.56 Å². The van der Waals surface area contributed by atoms with Crippen LogP contribution in [0, 0.1) is 13.8 Å². The van der Waals surface area contributed by atoms with Gasteiger partial charge in [-0.25, -0.2) is 0 Å². The molecule has 1 unspecified atom stereocenters. The zero-order valence-electron chi connectivity index (χ0n) is 9.99. The number of benzene rings is 1. The molecular formula is C14H15NO2. The number of furan rings is 1. The molecule has 0 amide bonds. The van der Waals surface area contributed by atoms with Gasteiger partial charge in [0.15, 0.2) is 6.10 Å². The highest BCUT2D eigenvalue weighted by atomic mass is 16.5. The van der Waals surface area contributed by atoms with Gasteiger partial charge in [-0.15, -0.1) is 0 Å². The fourth-order valence-electron chi connectivity index (χ4n) is 2.07. The minimum Gasteiger partial charge on any atom is -0.478 e. The first-order chi connectivity index (χ1) is 8.22. The van der Waals surface area contributed by atoms with E-state index in [-0.39, 0.29) is 6.10 Å². The van der Waals surface area contributed by atoms with Crippen molar-refractivity contribution in [3.63, 3.8) is 0 Å². The average Bonchev–Trinajstić information content (AvgIpc) is 2.75. The van der Waals surface area contributed by atoms with Gasteiger partial charge < -0.3 is 14.5 Å². The third-order valence-electron chi connectivity index (χ3n) is 2.96. The molecule has 3 heteroatoms. The van der Waals surface area contributed by atoms with Crippen LogP contribution >= 0.6 is 0 Å². The lowest BCUT2D eigenvalue weighted by molar-refractivity contribution is 0.179. The van der Waals surface area contributed by atoms with Gasteiger partial charge in [0.2, 0.25) is 0 Å². The second-order valence-electron chi connectivity index (χ2n) is 4.44. The van der Waals surface area contributed by atoms with Gasteiger partial charge in [-0.2, -0.15) is 0 Å². The summed E-state index contributed by atoms with van der Waals surface area (Å²) in [5.74, 6) is 2.68. The lowest BCUT2D eigenvalue weighted by atomic mass is 10.1. The average molecular weight is 229 g/mol. The topological polar surface area (TPSA) is 34.4 Å². The van der Waals surface area contributed by atoms with E-state index in [0.29, 0.717) is 0 Å². The van der Waals surface area contributed by atoms with Crippen molar-refractivity contribution in [1.82, 2.24) is 0 Å². The number of rotatable bonds is 1. The first-order valence-corrected chi connectivity index (χ1v) is 5.80. The lowest BCUT2D eigenvalue weighted by Crippen LogP contribution is -2.23. The van der Waals surface area contributed by atoms with Crippen LogP contribution in [-0.4, -0.2) is 6.54 Å². The van der Waals surface area contributed by atoms with Crippen LogP contribution in [0.25, 0.3) is 0 Å². The van der Waals surface area contributed by atoms with Gasteiger partial charge in [-0.1, -0.05) is 6.07 Å². The molecule has 1 aromatic heterocycles. The molecule has 88 valence electrons. The molecule has 0 spiro atoms. The lowest BCUT2D eigenvalue weighted by Gasteiger charge is -2.26. The van der Waals surface area contributed by atoms with Crippen LogP contribution in [0.1, 0.15) is 23.2 Å². The molecule has 1 atom stereocenters. The van der Waals surface area contributed by atoms with Crippen molar-refractivity contribution in [2.24, 2.45) is 0 Å². The molecule has 0 radical (unpaired) electrons. The van der Waals surface area contributed by atoms with E-state index >= 15 is 0 Å². The molecule has 0 aliphatic carbocycles. The summed E-state index contributed by atoms with van der Waals surface area (Å²) < 4.78 is 11.5. The quantitative estimate of drug-likeness (QED) is 0.813. The van der Waals surface area contributed by atoms with Gasteiger partial charge in [0.25, 0.3) is 0 Å². The van der Waals surface area contributed by atoms with Gasteiger partial charge >= 0.3 is 0 Å². The molecule has 1 aliphatic heterocycles. The predicted octanol–water partition coefficient (Wildman–Crippen LogP) is 3.44. The molecular weight excluding hydrogens is 214 g/mol. The molecule has 1 N–H and O–H groups in total. The summed E-state index contributed by atoms with van der Waals surface area (Å²) in [5, 5.41) is 3.38. The van der Waals surface area contributed by atoms with Crippen LogP contribution in [0.15, 0.2) is 34.7 Å². The van der Waals surface area contributed by atoms with Crippen molar-refractivity contribution in [3.8, 4) is 5.75 Å². The minimum atomic E-state index is -0.0427. The molecule has 2 aromatic rings. The predicted molar refractivity (Wildman–Crippen MR) is 66.5 cm³/mol. The maximum absolute atomic E-state index is 5.93. The Morgan fingerprint density at radius 3 is 2.82 bits per heavy atom. The highest BCUT2D eigenvalue weighted by Crippen LogP contribution is 2.35. The van der Waals surface area contributed by atoms with Gasteiger partial charge in [-0.3, -0.25) is 0 Å². The molecule has 17 heavy (non-hydrogen) atoms. The maximum atomic E-state index is 5.93. The second kappa shape index (κ2) is 3.84. The molecule has 3 rings (SSSR count). The van der Waals surface area contributed by atoms with Crippen LogP contribution < -0.4 is 10.1 Å². The SMILES string of the molecule is Cc1ccc2c(c1)NCC(c1ccc(C)o1)O2. The highest BCUT2D eigenvalue weighted by molar-refractivity contribution is 5.59. The summed E-state index contributed by atoms with van der Waals surface area (Å²) >= 11 is 0. The van der Waals surface area contributed by atoms with Crippen LogP contribution in [0.3, 0.4) is 0 Å². The van der Waals surface area contributed by atoms with Crippen LogP contribution in [-0.2, 0) is 0 Å². The summed E-state index contributed by atoms with van der Waals surface area (Å²) in [6.07, 6.45) is -0.0427. The van der Waals surface area contributed by atoms with Crippen molar-refractivity contribution in [1.29, 1.82) is 0 Å². The first kappa shape index (κ1) is 10.3. The fraction of sp³-hybridized carbons (Fsp3) is 0.286. The van der Waals surface area contributed by atoms with Gasteiger partial charge in [-0.05, 0) is 43.7 Å². The summed E-state index contributed by atoms with van der Waals surface area (Å²) in [4.78, 5) is 0. The van der Waals surface area contributed by atoms with Crippen LogP contribution in [0.4, 0.5) is 5.69 Å². The maximum Gasteiger partial charge on any atom is 0.173 e. The largest absolute Gasteiger partial charge is 0.478 e. The minimum absolute atomic E-state index is 0.0427. The van der Waals surface area contributed by atoms with Crippen molar-refractivity contribution in [3.05, 3.63) is 47.4 Å². The number of anilines is 1. The van der Waals surface area contributed by atoms with Gasteiger partial charge in [0.05, 0.1) is 12.2 Å². The fourth-order valence-corrected chi connectivity index (χ4v) is 2.07. The Kier molecular flexibility index (Phi) is 2.32. The summed E-state index contributed by atoms with van der Waals surface area (Å²) in [6, 6.07) is 10.1. The number of hydrogen-bond donors (Lipinski definition) is 1.